The fraction of sp³-hybridized carbons (Fsp3) is 0.455. The summed E-state index contributed by atoms with van der Waals surface area (Å²) in [6, 6.07) is 3.36. The Hall–Kier alpha value is -1.52. The molecule has 0 N–H and O–H groups in total. The van der Waals surface area contributed by atoms with Gasteiger partial charge in [-0.15, -0.1) is 0 Å². The Morgan fingerprint density at radius 3 is 2.31 bits per heavy atom. The molecule has 5 heteroatoms. The summed E-state index contributed by atoms with van der Waals surface area (Å²) in [5, 5.41) is 10.8. The average Bonchev–Trinajstić information content (AvgIpc) is 2.20. The molecule has 3 nitrogen and oxygen atoms in total. The maximum Gasteiger partial charge on any atom is 0.223 e. The minimum Gasteiger partial charge on any atom is -0.264 e. The van der Waals surface area contributed by atoms with Crippen molar-refractivity contribution in [1.29, 1.82) is 0 Å². The van der Waals surface area contributed by atoms with Gasteiger partial charge >= 0.3 is 0 Å². The van der Waals surface area contributed by atoms with Gasteiger partial charge in [-0.25, -0.2) is 8.78 Å². The summed E-state index contributed by atoms with van der Waals surface area (Å²) in [6.45, 7) is 4.54. The summed E-state index contributed by atoms with van der Waals surface area (Å²) < 4.78 is 25.7. The molecule has 0 aromatic heterocycles. The second-order valence-electron chi connectivity index (χ2n) is 4.31. The zero-order valence-electron chi connectivity index (χ0n) is 9.33. The van der Waals surface area contributed by atoms with Gasteiger partial charge in [0.05, 0.1) is 5.92 Å². The molecule has 0 amide bonds. The largest absolute Gasteiger partial charge is 0.264 e. The predicted molar refractivity (Wildman–Crippen MR) is 55.8 cm³/mol. The Balaban J connectivity index is 3.10. The van der Waals surface area contributed by atoms with Gasteiger partial charge < -0.3 is 0 Å². The van der Waals surface area contributed by atoms with Crippen LogP contribution in [0.5, 0.6) is 0 Å². The van der Waals surface area contributed by atoms with Gasteiger partial charge in [0.1, 0.15) is 0 Å². The van der Waals surface area contributed by atoms with Crippen molar-refractivity contribution in [3.05, 3.63) is 45.5 Å². The standard InChI is InChI=1S/C11H13F2NO2/c1-7(11(2,3)14(15)16)8-4-5-9(12)10(13)6-8/h4-7H,1-3H3. The van der Waals surface area contributed by atoms with Crippen molar-refractivity contribution >= 4 is 0 Å². The van der Waals surface area contributed by atoms with Crippen LogP contribution in [0.4, 0.5) is 8.78 Å². The van der Waals surface area contributed by atoms with Crippen molar-refractivity contribution in [2.24, 2.45) is 0 Å². The molecule has 1 unspecified atom stereocenters. The molecule has 88 valence electrons. The second kappa shape index (κ2) is 4.15. The molecule has 0 heterocycles. The lowest BCUT2D eigenvalue weighted by atomic mass is 9.84. The normalized spacial score (nSPS) is 13.6. The van der Waals surface area contributed by atoms with Crippen molar-refractivity contribution < 1.29 is 13.7 Å². The van der Waals surface area contributed by atoms with Gasteiger partial charge in [0.25, 0.3) is 0 Å². The lowest BCUT2D eigenvalue weighted by molar-refractivity contribution is -0.564. The molecule has 1 aromatic rings. The lowest BCUT2D eigenvalue weighted by Crippen LogP contribution is -2.36. The Morgan fingerprint density at radius 2 is 1.88 bits per heavy atom. The highest BCUT2D eigenvalue weighted by molar-refractivity contribution is 5.23. The smallest absolute Gasteiger partial charge is 0.223 e. The highest BCUT2D eigenvalue weighted by Crippen LogP contribution is 2.30. The molecular formula is C11H13F2NO2. The van der Waals surface area contributed by atoms with Crippen LogP contribution in [0.1, 0.15) is 32.3 Å². The third-order valence-corrected chi connectivity index (χ3v) is 2.97. The van der Waals surface area contributed by atoms with Crippen molar-refractivity contribution in [2.75, 3.05) is 0 Å². The monoisotopic (exact) mass is 229 g/mol. The molecule has 0 bridgehead atoms. The van der Waals surface area contributed by atoms with Gasteiger partial charge in [-0.3, -0.25) is 10.1 Å². The number of hydrogen-bond acceptors (Lipinski definition) is 2. The van der Waals surface area contributed by atoms with Gasteiger partial charge in [-0.2, -0.15) is 0 Å². The summed E-state index contributed by atoms with van der Waals surface area (Å²) in [6.07, 6.45) is 0. The highest BCUT2D eigenvalue weighted by Gasteiger charge is 2.38. The molecule has 0 aliphatic heterocycles. The molecule has 0 saturated heterocycles. The molecule has 0 fully saturated rings. The van der Waals surface area contributed by atoms with E-state index in [1.165, 1.54) is 19.9 Å². The zero-order chi connectivity index (χ0) is 12.5. The van der Waals surface area contributed by atoms with E-state index in [0.29, 0.717) is 5.56 Å². The first-order valence-electron chi connectivity index (χ1n) is 4.86. The number of hydrogen-bond donors (Lipinski definition) is 0. The van der Waals surface area contributed by atoms with Crippen LogP contribution < -0.4 is 0 Å². The number of nitro groups is 1. The Labute approximate surface area is 92.2 Å². The van der Waals surface area contributed by atoms with E-state index in [-0.39, 0.29) is 0 Å². The summed E-state index contributed by atoms with van der Waals surface area (Å²) in [5.74, 6) is -2.43. The Morgan fingerprint density at radius 1 is 1.31 bits per heavy atom. The fourth-order valence-corrected chi connectivity index (χ4v) is 1.35. The maximum atomic E-state index is 13.0. The lowest BCUT2D eigenvalue weighted by Gasteiger charge is -2.23. The van der Waals surface area contributed by atoms with Gasteiger partial charge in [0.2, 0.25) is 5.54 Å². The SMILES string of the molecule is CC(c1ccc(F)c(F)c1)C(C)(C)[N+](=O)[O-]. The number of nitrogens with zero attached hydrogens (tertiary/aromatic N) is 1. The number of rotatable bonds is 3. The molecule has 1 aromatic carbocycles. The van der Waals surface area contributed by atoms with E-state index in [9.17, 15) is 18.9 Å². The van der Waals surface area contributed by atoms with Crippen LogP contribution in [-0.2, 0) is 0 Å². The minimum atomic E-state index is -1.22. The van der Waals surface area contributed by atoms with Gasteiger partial charge in [-0.05, 0) is 17.7 Å². The van der Waals surface area contributed by atoms with Crippen LogP contribution in [0.2, 0.25) is 0 Å². The van der Waals surface area contributed by atoms with E-state index in [1.807, 2.05) is 0 Å². The van der Waals surface area contributed by atoms with Crippen molar-refractivity contribution in [3.63, 3.8) is 0 Å². The Bertz CT molecular complexity index is 418. The topological polar surface area (TPSA) is 43.1 Å². The first-order valence-corrected chi connectivity index (χ1v) is 4.86. The van der Waals surface area contributed by atoms with Gasteiger partial charge in [-0.1, -0.05) is 13.0 Å². The maximum absolute atomic E-state index is 13.0. The summed E-state index contributed by atoms with van der Waals surface area (Å²) in [7, 11) is 0. The first kappa shape index (κ1) is 12.5. The summed E-state index contributed by atoms with van der Waals surface area (Å²) in [4.78, 5) is 10.4. The number of halogens is 2. The molecule has 0 aliphatic rings. The molecule has 1 atom stereocenters. The van der Waals surface area contributed by atoms with Crippen molar-refractivity contribution in [1.82, 2.24) is 0 Å². The Kier molecular flexibility index (Phi) is 3.26. The molecule has 0 saturated carbocycles. The van der Waals surface area contributed by atoms with Crippen LogP contribution in [-0.4, -0.2) is 10.5 Å². The van der Waals surface area contributed by atoms with Crippen LogP contribution in [0.15, 0.2) is 18.2 Å². The predicted octanol–water partition coefficient (Wildman–Crippen LogP) is 3.12. The average molecular weight is 229 g/mol. The zero-order valence-corrected chi connectivity index (χ0v) is 9.33. The van der Waals surface area contributed by atoms with Crippen molar-refractivity contribution in [3.8, 4) is 0 Å². The van der Waals surface area contributed by atoms with Gasteiger partial charge in [0, 0.05) is 18.8 Å². The van der Waals surface area contributed by atoms with Crippen LogP contribution in [0.25, 0.3) is 0 Å². The fourth-order valence-electron chi connectivity index (χ4n) is 1.35. The van der Waals surface area contributed by atoms with E-state index in [1.54, 1.807) is 6.92 Å². The van der Waals surface area contributed by atoms with Crippen LogP contribution >= 0.6 is 0 Å². The molecule has 0 aliphatic carbocycles. The van der Waals surface area contributed by atoms with Crippen molar-refractivity contribution in [2.45, 2.75) is 32.2 Å². The van der Waals surface area contributed by atoms with E-state index in [0.717, 1.165) is 12.1 Å². The minimum absolute atomic E-state index is 0.417. The number of benzene rings is 1. The quantitative estimate of drug-likeness (QED) is 0.590. The third kappa shape index (κ3) is 2.18. The summed E-state index contributed by atoms with van der Waals surface area (Å²) >= 11 is 0. The third-order valence-electron chi connectivity index (χ3n) is 2.97. The molecule has 16 heavy (non-hydrogen) atoms. The molecule has 0 spiro atoms. The van der Waals surface area contributed by atoms with Crippen LogP contribution in [0, 0.1) is 21.7 Å². The molecular weight excluding hydrogens is 216 g/mol. The molecule has 1 rings (SSSR count). The second-order valence-corrected chi connectivity index (χ2v) is 4.31. The van der Waals surface area contributed by atoms with E-state index >= 15 is 0 Å². The summed E-state index contributed by atoms with van der Waals surface area (Å²) in [5.41, 5.74) is -0.801. The van der Waals surface area contributed by atoms with E-state index < -0.39 is 28.0 Å². The van der Waals surface area contributed by atoms with Gasteiger partial charge in [0.15, 0.2) is 11.6 Å². The van der Waals surface area contributed by atoms with Crippen LogP contribution in [0.3, 0.4) is 0 Å². The highest BCUT2D eigenvalue weighted by atomic mass is 19.2. The molecule has 0 radical (unpaired) electrons. The van der Waals surface area contributed by atoms with E-state index in [4.69, 9.17) is 0 Å². The first-order chi connectivity index (χ1) is 7.26. The van der Waals surface area contributed by atoms with E-state index in [2.05, 4.69) is 0 Å².